The number of nitrogens with zero attached hydrogens (tertiary/aromatic N) is 5. The predicted molar refractivity (Wildman–Crippen MR) is 135 cm³/mol. The molecule has 0 aromatic heterocycles. The molecule has 0 radical (unpaired) electrons. The number of para-hydroxylation sites is 2. The van der Waals surface area contributed by atoms with Crippen molar-refractivity contribution in [1.29, 1.82) is 10.5 Å². The topological polar surface area (TPSA) is 57.3 Å². The maximum atomic E-state index is 9.62. The molecule has 2 bridgehead atoms. The molecule has 5 rings (SSSR count). The number of hydrogen-bond donors (Lipinski definition) is 0. The normalized spacial score (nSPS) is 15.5. The highest BCUT2D eigenvalue weighted by Gasteiger charge is 2.34. The molecule has 3 aromatic rings. The molecule has 1 saturated heterocycles. The van der Waals surface area contributed by atoms with E-state index in [9.17, 15) is 10.5 Å². The molecule has 0 amide bonds. The molecule has 0 saturated carbocycles. The van der Waals surface area contributed by atoms with E-state index in [1.165, 1.54) is 0 Å². The molecular weight excluding hydrogens is 418 g/mol. The lowest BCUT2D eigenvalue weighted by Gasteiger charge is -2.30. The summed E-state index contributed by atoms with van der Waals surface area (Å²) in [6.45, 7) is 6.10. The number of allylic oxidation sites excluding steroid dienone is 3. The van der Waals surface area contributed by atoms with Gasteiger partial charge in [-0.1, -0.05) is 43.0 Å². The van der Waals surface area contributed by atoms with Crippen LogP contribution in [-0.2, 0) is 6.54 Å². The van der Waals surface area contributed by atoms with E-state index in [0.29, 0.717) is 30.9 Å². The van der Waals surface area contributed by atoms with Crippen LogP contribution in [0.25, 0.3) is 0 Å². The molecule has 5 nitrogen and oxygen atoms in total. The second kappa shape index (κ2) is 9.02. The lowest BCUT2D eigenvalue weighted by molar-refractivity contribution is 0.375. The van der Waals surface area contributed by atoms with Crippen LogP contribution in [0, 0.1) is 22.7 Å². The van der Waals surface area contributed by atoms with Gasteiger partial charge < -0.3 is 14.7 Å². The summed E-state index contributed by atoms with van der Waals surface area (Å²) in [6.07, 6.45) is 6.08. The van der Waals surface area contributed by atoms with Crippen LogP contribution >= 0.6 is 0 Å². The zero-order valence-corrected chi connectivity index (χ0v) is 18.7. The molecule has 1 fully saturated rings. The largest absolute Gasteiger partial charge is 0.351 e. The summed E-state index contributed by atoms with van der Waals surface area (Å²) >= 11 is 0. The van der Waals surface area contributed by atoms with Crippen LogP contribution < -0.4 is 9.80 Å². The average molecular weight is 442 g/mol. The van der Waals surface area contributed by atoms with Gasteiger partial charge in [0.05, 0.1) is 36.1 Å². The van der Waals surface area contributed by atoms with Crippen LogP contribution in [0.4, 0.5) is 17.1 Å². The van der Waals surface area contributed by atoms with Gasteiger partial charge >= 0.3 is 0 Å². The standard InChI is InChI=1S/C29H23N5/c1-2-24(34(25-9-5-3-6-10-25)26-11-7-4-8-12-26)15-16-27-19-33-21-32(27)20-28-22(17-30)13-14-23(18-31)29(28)33/h2-16H,1,19-21H2/b24-15+,27-16-. The van der Waals surface area contributed by atoms with Gasteiger partial charge in [0.2, 0.25) is 0 Å². The van der Waals surface area contributed by atoms with Crippen LogP contribution in [-0.4, -0.2) is 18.1 Å². The number of fused-ring (bicyclic) bond motifs is 4. The maximum Gasteiger partial charge on any atom is 0.101 e. The van der Waals surface area contributed by atoms with Crippen LogP contribution in [0.15, 0.2) is 109 Å². The van der Waals surface area contributed by atoms with Crippen LogP contribution in [0.5, 0.6) is 0 Å². The van der Waals surface area contributed by atoms with E-state index in [1.54, 1.807) is 12.1 Å². The van der Waals surface area contributed by atoms with Gasteiger partial charge in [-0.2, -0.15) is 10.5 Å². The Morgan fingerprint density at radius 1 is 0.824 bits per heavy atom. The summed E-state index contributed by atoms with van der Waals surface area (Å²) < 4.78 is 0. The molecule has 164 valence electrons. The Bertz CT molecular complexity index is 1330. The third-order valence-corrected chi connectivity index (χ3v) is 6.23. The van der Waals surface area contributed by atoms with Crippen LogP contribution in [0.3, 0.4) is 0 Å². The minimum absolute atomic E-state index is 0.619. The Balaban J connectivity index is 1.52. The van der Waals surface area contributed by atoms with Crippen molar-refractivity contribution in [2.45, 2.75) is 6.54 Å². The molecule has 2 heterocycles. The summed E-state index contributed by atoms with van der Waals surface area (Å²) in [4.78, 5) is 6.62. The van der Waals surface area contributed by atoms with E-state index in [4.69, 9.17) is 0 Å². The van der Waals surface area contributed by atoms with Gasteiger partial charge in [0, 0.05) is 34.9 Å². The molecule has 2 aliphatic heterocycles. The van der Waals surface area contributed by atoms with E-state index >= 15 is 0 Å². The molecule has 0 spiro atoms. The molecule has 2 aliphatic rings. The van der Waals surface area contributed by atoms with Gasteiger partial charge in [-0.15, -0.1) is 0 Å². The first-order valence-corrected chi connectivity index (χ1v) is 11.1. The first kappa shape index (κ1) is 21.1. The Hall–Kier alpha value is -4.74. The van der Waals surface area contributed by atoms with Gasteiger partial charge in [0.15, 0.2) is 0 Å². The summed E-state index contributed by atoms with van der Waals surface area (Å²) in [6, 6.07) is 28.5. The van der Waals surface area contributed by atoms with Crippen molar-refractivity contribution < 1.29 is 0 Å². The van der Waals surface area contributed by atoms with Gasteiger partial charge in [-0.05, 0) is 54.6 Å². The molecule has 0 N–H and O–H groups in total. The van der Waals surface area contributed by atoms with E-state index in [2.05, 4.69) is 69.8 Å². The van der Waals surface area contributed by atoms with Crippen molar-refractivity contribution in [3.63, 3.8) is 0 Å². The van der Waals surface area contributed by atoms with Crippen molar-refractivity contribution >= 4 is 17.1 Å². The first-order valence-electron chi connectivity index (χ1n) is 11.1. The lowest BCUT2D eigenvalue weighted by atomic mass is 9.99. The zero-order chi connectivity index (χ0) is 23.5. The van der Waals surface area contributed by atoms with Crippen molar-refractivity contribution in [1.82, 2.24) is 4.90 Å². The van der Waals surface area contributed by atoms with Gasteiger partial charge in [0.1, 0.15) is 6.07 Å². The Labute approximate surface area is 200 Å². The molecule has 0 unspecified atom stereocenters. The summed E-state index contributed by atoms with van der Waals surface area (Å²) in [5.41, 5.74) is 7.28. The van der Waals surface area contributed by atoms with Crippen molar-refractivity contribution in [2.24, 2.45) is 0 Å². The minimum Gasteiger partial charge on any atom is -0.351 e. The third-order valence-electron chi connectivity index (χ3n) is 6.23. The zero-order valence-electron chi connectivity index (χ0n) is 18.7. The smallest absolute Gasteiger partial charge is 0.101 e. The summed E-state index contributed by atoms with van der Waals surface area (Å²) in [5, 5.41) is 19.2. The predicted octanol–water partition coefficient (Wildman–Crippen LogP) is 5.82. The van der Waals surface area contributed by atoms with E-state index in [-0.39, 0.29) is 0 Å². The quantitative estimate of drug-likeness (QED) is 0.467. The van der Waals surface area contributed by atoms with Crippen molar-refractivity contribution in [3.05, 3.63) is 126 Å². The van der Waals surface area contributed by atoms with E-state index in [0.717, 1.165) is 34.0 Å². The van der Waals surface area contributed by atoms with Crippen molar-refractivity contribution in [3.8, 4) is 12.1 Å². The van der Waals surface area contributed by atoms with Crippen LogP contribution in [0.2, 0.25) is 0 Å². The van der Waals surface area contributed by atoms with E-state index < -0.39 is 0 Å². The summed E-state index contributed by atoms with van der Waals surface area (Å²) in [5.74, 6) is 0. The number of nitriles is 2. The molecule has 0 atom stereocenters. The van der Waals surface area contributed by atoms with Gasteiger partial charge in [-0.3, -0.25) is 0 Å². The van der Waals surface area contributed by atoms with Gasteiger partial charge in [-0.25, -0.2) is 0 Å². The number of benzene rings is 3. The number of hydrogen-bond acceptors (Lipinski definition) is 5. The molecule has 3 aromatic carbocycles. The van der Waals surface area contributed by atoms with Crippen LogP contribution in [0.1, 0.15) is 16.7 Å². The fourth-order valence-electron chi connectivity index (χ4n) is 4.66. The fourth-order valence-corrected chi connectivity index (χ4v) is 4.66. The lowest BCUT2D eigenvalue weighted by Crippen LogP contribution is -2.32. The highest BCUT2D eigenvalue weighted by Crippen LogP contribution is 2.39. The summed E-state index contributed by atoms with van der Waals surface area (Å²) in [7, 11) is 0. The molecule has 34 heavy (non-hydrogen) atoms. The minimum atomic E-state index is 0.619. The highest BCUT2D eigenvalue weighted by molar-refractivity contribution is 5.72. The average Bonchev–Trinajstić information content (AvgIpc) is 3.22. The Kier molecular flexibility index (Phi) is 5.60. The number of anilines is 3. The van der Waals surface area contributed by atoms with Crippen molar-refractivity contribution in [2.75, 3.05) is 23.0 Å². The molecule has 0 aliphatic carbocycles. The second-order valence-electron chi connectivity index (χ2n) is 8.21. The first-order chi connectivity index (χ1) is 16.7. The fraction of sp³-hybridized carbons (Fsp3) is 0.103. The number of rotatable bonds is 5. The second-order valence-corrected chi connectivity index (χ2v) is 8.21. The SMILES string of the molecule is C=C/C(=C\C=C1\CN2CN1Cc1c(C#N)ccc(C#N)c12)N(c1ccccc1)c1ccccc1. The maximum absolute atomic E-state index is 9.62. The Morgan fingerprint density at radius 2 is 1.44 bits per heavy atom. The Morgan fingerprint density at radius 3 is 2.03 bits per heavy atom. The monoisotopic (exact) mass is 441 g/mol. The third kappa shape index (κ3) is 3.70. The molecular formula is C29H23N5. The van der Waals surface area contributed by atoms with Gasteiger partial charge in [0.25, 0.3) is 0 Å². The highest BCUT2D eigenvalue weighted by atomic mass is 15.4. The molecule has 5 heteroatoms. The van der Waals surface area contributed by atoms with E-state index in [1.807, 2.05) is 42.5 Å².